The van der Waals surface area contributed by atoms with E-state index in [0.717, 1.165) is 12.8 Å². The second kappa shape index (κ2) is 3.50. The van der Waals surface area contributed by atoms with Gasteiger partial charge in [-0.05, 0) is 31.2 Å². The van der Waals surface area contributed by atoms with Gasteiger partial charge in [-0.3, -0.25) is 4.79 Å². The summed E-state index contributed by atoms with van der Waals surface area (Å²) in [6, 6.07) is 4.25. The van der Waals surface area contributed by atoms with Gasteiger partial charge < -0.3 is 5.32 Å². The van der Waals surface area contributed by atoms with E-state index in [4.69, 9.17) is 0 Å². The van der Waals surface area contributed by atoms with Crippen molar-refractivity contribution in [2.45, 2.75) is 25.8 Å². The van der Waals surface area contributed by atoms with Crippen LogP contribution >= 0.6 is 11.3 Å². The molecule has 2 nitrogen and oxygen atoms in total. The second-order valence-corrected chi connectivity index (χ2v) is 4.50. The molecule has 1 saturated carbocycles. The van der Waals surface area contributed by atoms with Crippen molar-refractivity contribution in [2.75, 3.05) is 0 Å². The molecule has 1 aliphatic rings. The molecule has 0 spiro atoms. The van der Waals surface area contributed by atoms with Crippen molar-refractivity contribution in [1.82, 2.24) is 5.32 Å². The number of amides is 1. The van der Waals surface area contributed by atoms with Crippen LogP contribution in [0.25, 0.3) is 0 Å². The Labute approximate surface area is 82.0 Å². The van der Waals surface area contributed by atoms with Crippen LogP contribution in [0, 0.1) is 5.92 Å². The highest BCUT2D eigenvalue weighted by Crippen LogP contribution is 2.30. The molecule has 70 valence electrons. The summed E-state index contributed by atoms with van der Waals surface area (Å²) >= 11 is 1.69. The molecule has 0 aliphatic heterocycles. The Morgan fingerprint density at radius 2 is 2.46 bits per heavy atom. The zero-order valence-corrected chi connectivity index (χ0v) is 8.43. The minimum Gasteiger partial charge on any atom is -0.349 e. The van der Waals surface area contributed by atoms with E-state index in [0.29, 0.717) is 5.92 Å². The third kappa shape index (κ3) is 2.10. The van der Waals surface area contributed by atoms with Crippen LogP contribution in [-0.4, -0.2) is 5.91 Å². The van der Waals surface area contributed by atoms with E-state index < -0.39 is 0 Å². The first-order valence-electron chi connectivity index (χ1n) is 4.61. The normalized spacial score (nSPS) is 18.2. The molecular formula is C10H13NOS. The van der Waals surface area contributed by atoms with Gasteiger partial charge in [0, 0.05) is 10.8 Å². The molecule has 1 fully saturated rings. The van der Waals surface area contributed by atoms with Gasteiger partial charge in [-0.2, -0.15) is 0 Å². The Balaban J connectivity index is 1.90. The molecule has 1 heterocycles. The molecule has 0 radical (unpaired) electrons. The van der Waals surface area contributed by atoms with Gasteiger partial charge in [-0.25, -0.2) is 0 Å². The summed E-state index contributed by atoms with van der Waals surface area (Å²) in [7, 11) is 0. The summed E-state index contributed by atoms with van der Waals surface area (Å²) in [5.74, 6) is 0.531. The molecule has 0 saturated heterocycles. The third-order valence-electron chi connectivity index (χ3n) is 2.28. The number of hydrogen-bond donors (Lipinski definition) is 1. The molecular weight excluding hydrogens is 182 g/mol. The van der Waals surface area contributed by atoms with Crippen molar-refractivity contribution >= 4 is 17.2 Å². The lowest BCUT2D eigenvalue weighted by molar-refractivity contribution is -0.122. The average molecular weight is 195 g/mol. The van der Waals surface area contributed by atoms with Gasteiger partial charge >= 0.3 is 0 Å². The highest BCUT2D eigenvalue weighted by Gasteiger charge is 2.30. The van der Waals surface area contributed by atoms with Crippen LogP contribution in [0.4, 0.5) is 0 Å². The van der Waals surface area contributed by atoms with Crippen LogP contribution in [-0.2, 0) is 4.79 Å². The molecule has 2 rings (SSSR count). The van der Waals surface area contributed by atoms with Gasteiger partial charge in [0.1, 0.15) is 0 Å². The first kappa shape index (κ1) is 8.75. The van der Waals surface area contributed by atoms with E-state index in [9.17, 15) is 4.79 Å². The van der Waals surface area contributed by atoms with E-state index in [1.165, 1.54) is 4.88 Å². The van der Waals surface area contributed by atoms with Crippen LogP contribution in [0.2, 0.25) is 0 Å². The average Bonchev–Trinajstić information content (AvgIpc) is 2.81. The molecule has 1 unspecified atom stereocenters. The van der Waals surface area contributed by atoms with Crippen LogP contribution in [0.5, 0.6) is 0 Å². The number of nitrogens with one attached hydrogen (secondary N) is 1. The molecule has 1 N–H and O–H groups in total. The van der Waals surface area contributed by atoms with Crippen LogP contribution in [0.3, 0.4) is 0 Å². The minimum atomic E-state index is 0.174. The van der Waals surface area contributed by atoms with Crippen molar-refractivity contribution < 1.29 is 4.79 Å². The van der Waals surface area contributed by atoms with Gasteiger partial charge in [0.05, 0.1) is 6.04 Å². The molecule has 1 atom stereocenters. The van der Waals surface area contributed by atoms with Gasteiger partial charge in [0.25, 0.3) is 0 Å². The Morgan fingerprint density at radius 3 is 3.00 bits per heavy atom. The smallest absolute Gasteiger partial charge is 0.223 e. The maximum absolute atomic E-state index is 11.4. The molecule has 0 aromatic carbocycles. The molecule has 1 aromatic rings. The lowest BCUT2D eigenvalue weighted by Crippen LogP contribution is -2.27. The maximum atomic E-state index is 11.4. The van der Waals surface area contributed by atoms with E-state index >= 15 is 0 Å². The number of carbonyl (C=O) groups is 1. The van der Waals surface area contributed by atoms with Crippen molar-refractivity contribution in [2.24, 2.45) is 5.92 Å². The summed E-state index contributed by atoms with van der Waals surface area (Å²) in [5, 5.41) is 5.05. The lowest BCUT2D eigenvalue weighted by atomic mass is 10.2. The van der Waals surface area contributed by atoms with Crippen molar-refractivity contribution in [3.63, 3.8) is 0 Å². The first-order valence-corrected chi connectivity index (χ1v) is 5.49. The summed E-state index contributed by atoms with van der Waals surface area (Å²) in [6.45, 7) is 2.03. The fourth-order valence-corrected chi connectivity index (χ4v) is 2.02. The molecule has 13 heavy (non-hydrogen) atoms. The Kier molecular flexibility index (Phi) is 2.36. The minimum absolute atomic E-state index is 0.174. The molecule has 0 bridgehead atoms. The Morgan fingerprint density at radius 1 is 1.69 bits per heavy atom. The van der Waals surface area contributed by atoms with Gasteiger partial charge in [-0.1, -0.05) is 6.07 Å². The maximum Gasteiger partial charge on any atom is 0.223 e. The number of hydrogen-bond acceptors (Lipinski definition) is 2. The van der Waals surface area contributed by atoms with Crippen LogP contribution in [0.15, 0.2) is 17.5 Å². The largest absolute Gasteiger partial charge is 0.349 e. The SMILES string of the molecule is CC(NC(=O)C1CC1)c1cccs1. The molecule has 1 aliphatic carbocycles. The predicted molar refractivity (Wildman–Crippen MR) is 53.6 cm³/mol. The summed E-state index contributed by atoms with van der Waals surface area (Å²) in [6.07, 6.45) is 2.14. The van der Waals surface area contributed by atoms with Gasteiger partial charge in [0.2, 0.25) is 5.91 Å². The molecule has 1 aromatic heterocycles. The lowest BCUT2D eigenvalue weighted by Gasteiger charge is -2.11. The summed E-state index contributed by atoms with van der Waals surface area (Å²) < 4.78 is 0. The zero-order chi connectivity index (χ0) is 9.26. The van der Waals surface area contributed by atoms with Crippen molar-refractivity contribution in [1.29, 1.82) is 0 Å². The first-order chi connectivity index (χ1) is 6.27. The predicted octanol–water partition coefficient (Wildman–Crippen LogP) is 2.34. The second-order valence-electron chi connectivity index (χ2n) is 3.52. The van der Waals surface area contributed by atoms with Crippen LogP contribution in [0.1, 0.15) is 30.7 Å². The quantitative estimate of drug-likeness (QED) is 0.788. The number of rotatable bonds is 3. The highest BCUT2D eigenvalue weighted by atomic mass is 32.1. The van der Waals surface area contributed by atoms with Gasteiger partial charge in [0.15, 0.2) is 0 Å². The third-order valence-corrected chi connectivity index (χ3v) is 3.33. The fraction of sp³-hybridized carbons (Fsp3) is 0.500. The van der Waals surface area contributed by atoms with E-state index in [-0.39, 0.29) is 11.9 Å². The Bertz CT molecular complexity index is 290. The molecule has 1 amide bonds. The monoisotopic (exact) mass is 195 g/mol. The molecule has 3 heteroatoms. The Hall–Kier alpha value is -0.830. The van der Waals surface area contributed by atoms with E-state index in [1.54, 1.807) is 11.3 Å². The van der Waals surface area contributed by atoms with Crippen LogP contribution < -0.4 is 5.32 Å². The number of carbonyl (C=O) groups excluding carboxylic acids is 1. The van der Waals surface area contributed by atoms with E-state index in [2.05, 4.69) is 11.4 Å². The fourth-order valence-electron chi connectivity index (χ4n) is 1.29. The number of thiophene rings is 1. The highest BCUT2D eigenvalue weighted by molar-refractivity contribution is 7.10. The van der Waals surface area contributed by atoms with E-state index in [1.807, 2.05) is 18.4 Å². The van der Waals surface area contributed by atoms with Gasteiger partial charge in [-0.15, -0.1) is 11.3 Å². The van der Waals surface area contributed by atoms with Crippen molar-refractivity contribution in [3.05, 3.63) is 22.4 Å². The standard InChI is InChI=1S/C10H13NOS/c1-7(9-3-2-6-13-9)11-10(12)8-4-5-8/h2-3,6-8H,4-5H2,1H3,(H,11,12). The summed E-state index contributed by atoms with van der Waals surface area (Å²) in [5.41, 5.74) is 0. The summed E-state index contributed by atoms with van der Waals surface area (Å²) in [4.78, 5) is 12.6. The van der Waals surface area contributed by atoms with Crippen molar-refractivity contribution in [3.8, 4) is 0 Å². The topological polar surface area (TPSA) is 29.1 Å². The zero-order valence-electron chi connectivity index (χ0n) is 7.62.